The van der Waals surface area contributed by atoms with Crippen molar-refractivity contribution in [2.45, 2.75) is 6.55 Å². The highest BCUT2D eigenvalue weighted by molar-refractivity contribution is 7.57. The first kappa shape index (κ1) is 17.4. The fraction of sp³-hybridized carbons (Fsp3) is 0.0625. The number of rotatable bonds is 5. The third-order valence-electron chi connectivity index (χ3n) is 3.01. The summed E-state index contributed by atoms with van der Waals surface area (Å²) in [6.45, 7) is -1.17. The van der Waals surface area contributed by atoms with Crippen molar-refractivity contribution in [3.63, 3.8) is 0 Å². The van der Waals surface area contributed by atoms with Gasteiger partial charge in [0.25, 0.3) is 0 Å². The van der Waals surface area contributed by atoms with Gasteiger partial charge in [-0.2, -0.15) is 0 Å². The topological polar surface area (TPSA) is 67.8 Å². The molecule has 2 N–H and O–H groups in total. The van der Waals surface area contributed by atoms with E-state index < -0.39 is 6.69 Å². The maximum atomic E-state index is 12.7. The van der Waals surface area contributed by atoms with Crippen LogP contribution in [0.15, 0.2) is 70.9 Å². The summed E-state index contributed by atoms with van der Waals surface area (Å²) in [7, 11) is 0. The number of nitrogens with zero attached hydrogens (tertiary/aromatic N) is 2. The van der Waals surface area contributed by atoms with Gasteiger partial charge in [-0.15, -0.1) is 32.4 Å². The molecule has 0 saturated heterocycles. The molecule has 0 unspecified atom stereocenters. The van der Waals surface area contributed by atoms with E-state index in [1.807, 2.05) is 24.3 Å². The van der Waals surface area contributed by atoms with Crippen molar-refractivity contribution >= 4 is 45.8 Å². The van der Waals surface area contributed by atoms with Crippen molar-refractivity contribution in [1.82, 2.24) is 0 Å². The molecule has 0 fully saturated rings. The van der Waals surface area contributed by atoms with Crippen LogP contribution in [0.1, 0.15) is 15.9 Å². The second-order valence-electron chi connectivity index (χ2n) is 4.88. The molecule has 0 saturated carbocycles. The van der Waals surface area contributed by atoms with Crippen molar-refractivity contribution in [3.8, 4) is 0 Å². The number of benzene rings is 2. The van der Waals surface area contributed by atoms with Crippen molar-refractivity contribution < 1.29 is 4.79 Å². The second kappa shape index (κ2) is 7.54. The number of hydrogen-bond donors (Lipinski definition) is 1. The van der Waals surface area contributed by atoms with Crippen LogP contribution >= 0.6 is 22.2 Å². The average Bonchev–Trinajstić information content (AvgIpc) is 2.55. The van der Waals surface area contributed by atoms with Crippen LogP contribution < -0.4 is 5.73 Å². The van der Waals surface area contributed by atoms with Crippen LogP contribution in [-0.2, 0) is 0 Å². The first-order valence-corrected chi connectivity index (χ1v) is 11.4. The Morgan fingerprint density at radius 1 is 0.913 bits per heavy atom. The Balaban J connectivity index is 2.48. The number of nitrogens with two attached hydrogens (primary N) is 1. The fourth-order valence-corrected chi connectivity index (χ4v) is 2.20. The lowest BCUT2D eigenvalue weighted by atomic mass is 10.0. The van der Waals surface area contributed by atoms with Gasteiger partial charge in [-0.1, -0.05) is 60.7 Å². The molecule has 7 heteroatoms. The first-order chi connectivity index (χ1) is 10.9. The Labute approximate surface area is 145 Å². The Hall–Kier alpha value is -1.95. The second-order valence-corrected chi connectivity index (χ2v) is 12.3. The minimum atomic E-state index is -2.79. The number of hydrogen-bond acceptors (Lipinski definition) is 3. The van der Waals surface area contributed by atoms with Crippen molar-refractivity contribution in [2.75, 3.05) is 0 Å². The summed E-state index contributed by atoms with van der Waals surface area (Å²) < 4.78 is 0. The Kier molecular flexibility index (Phi) is 5.71. The van der Waals surface area contributed by atoms with Crippen LogP contribution in [-0.4, -0.2) is 23.6 Å². The summed E-state index contributed by atoms with van der Waals surface area (Å²) in [5.74, 6) is -0.249. The predicted molar refractivity (Wildman–Crippen MR) is 98.7 cm³/mol. The molecule has 23 heavy (non-hydrogen) atoms. The summed E-state index contributed by atoms with van der Waals surface area (Å²) in [5, 5.41) is 7.91. The zero-order valence-corrected chi connectivity index (χ0v) is 14.9. The lowest BCUT2D eigenvalue weighted by Gasteiger charge is -2.08. The van der Waals surface area contributed by atoms with Gasteiger partial charge in [-0.05, 0) is 6.55 Å². The largest absolute Gasteiger partial charge is 0.387 e. The normalized spacial score (nSPS) is 13.0. The van der Waals surface area contributed by atoms with E-state index >= 15 is 0 Å². The highest BCUT2D eigenvalue weighted by Crippen LogP contribution is 2.14. The van der Waals surface area contributed by atoms with E-state index in [0.717, 1.165) is 0 Å². The molecule has 118 valence electrons. The Bertz CT molecular complexity index is 741. The number of amidine groups is 1. The predicted octanol–water partition coefficient (Wildman–Crippen LogP) is 3.72. The highest BCUT2D eigenvalue weighted by atomic mass is 35.7. The SMILES string of the molecule is C[Si](Cl)(Cl)/C(N)=N/N=C(/C(=O)c1ccccc1)c1ccccc1. The number of Topliss-reactive ketones (excluding diaryl/α,β-unsaturated/α-hetero) is 1. The molecule has 0 radical (unpaired) electrons. The molecule has 0 aromatic heterocycles. The molecular weight excluding hydrogens is 349 g/mol. The van der Waals surface area contributed by atoms with E-state index in [2.05, 4.69) is 10.2 Å². The van der Waals surface area contributed by atoms with Gasteiger partial charge in [0.2, 0.25) is 5.78 Å². The number of carbonyl (C=O) groups is 1. The Morgan fingerprint density at radius 3 is 1.87 bits per heavy atom. The van der Waals surface area contributed by atoms with Gasteiger partial charge in [0.05, 0.1) is 0 Å². The van der Waals surface area contributed by atoms with Gasteiger partial charge < -0.3 is 5.73 Å². The van der Waals surface area contributed by atoms with E-state index in [-0.39, 0.29) is 17.0 Å². The summed E-state index contributed by atoms with van der Waals surface area (Å²) in [6, 6.07) is 17.9. The maximum absolute atomic E-state index is 12.7. The number of ketones is 1. The van der Waals surface area contributed by atoms with Crippen LogP contribution in [0.4, 0.5) is 0 Å². The molecule has 0 atom stereocenters. The summed E-state index contributed by atoms with van der Waals surface area (Å²) >= 11 is 12.0. The molecule has 0 aliphatic carbocycles. The van der Waals surface area contributed by atoms with E-state index in [1.165, 1.54) is 0 Å². The van der Waals surface area contributed by atoms with Crippen LogP contribution in [0.25, 0.3) is 0 Å². The summed E-state index contributed by atoms with van der Waals surface area (Å²) in [6.07, 6.45) is 0. The van der Waals surface area contributed by atoms with Gasteiger partial charge in [0.1, 0.15) is 11.2 Å². The van der Waals surface area contributed by atoms with Crippen molar-refractivity contribution in [3.05, 3.63) is 71.8 Å². The quantitative estimate of drug-likeness (QED) is 0.219. The fourth-order valence-electron chi connectivity index (χ4n) is 1.75. The zero-order chi connectivity index (χ0) is 16.9. The van der Waals surface area contributed by atoms with E-state index in [1.54, 1.807) is 42.9 Å². The number of halogens is 2. The van der Waals surface area contributed by atoms with Gasteiger partial charge in [-0.25, -0.2) is 0 Å². The van der Waals surface area contributed by atoms with Gasteiger partial charge >= 0.3 is 6.69 Å². The van der Waals surface area contributed by atoms with Crippen molar-refractivity contribution in [1.29, 1.82) is 0 Å². The average molecular weight is 364 g/mol. The molecule has 2 rings (SSSR count). The molecule has 4 nitrogen and oxygen atoms in total. The molecule has 0 amide bonds. The number of carbonyl (C=O) groups excluding carboxylic acids is 1. The van der Waals surface area contributed by atoms with Gasteiger partial charge in [-0.3, -0.25) is 4.79 Å². The van der Waals surface area contributed by atoms with Gasteiger partial charge in [0.15, 0.2) is 0 Å². The first-order valence-electron chi connectivity index (χ1n) is 6.84. The Morgan fingerprint density at radius 2 is 1.39 bits per heavy atom. The minimum Gasteiger partial charge on any atom is -0.387 e. The zero-order valence-electron chi connectivity index (χ0n) is 12.4. The highest BCUT2D eigenvalue weighted by Gasteiger charge is 2.27. The minimum absolute atomic E-state index is 0.0510. The molecular formula is C16H15Cl2N3OSi. The molecule has 0 aliphatic rings. The van der Waals surface area contributed by atoms with Crippen LogP contribution in [0.5, 0.6) is 0 Å². The maximum Gasteiger partial charge on any atom is 0.317 e. The lowest BCUT2D eigenvalue weighted by Crippen LogP contribution is -2.35. The third-order valence-corrected chi connectivity index (χ3v) is 5.17. The van der Waals surface area contributed by atoms with E-state index in [4.69, 9.17) is 27.9 Å². The van der Waals surface area contributed by atoms with E-state index in [0.29, 0.717) is 11.1 Å². The lowest BCUT2D eigenvalue weighted by molar-refractivity contribution is 0.106. The van der Waals surface area contributed by atoms with Crippen molar-refractivity contribution in [2.24, 2.45) is 15.9 Å². The molecule has 0 bridgehead atoms. The monoisotopic (exact) mass is 363 g/mol. The smallest absolute Gasteiger partial charge is 0.317 e. The van der Waals surface area contributed by atoms with Crippen LogP contribution in [0, 0.1) is 0 Å². The third kappa shape index (κ3) is 4.76. The molecule has 2 aromatic carbocycles. The van der Waals surface area contributed by atoms with Crippen LogP contribution in [0.3, 0.4) is 0 Å². The van der Waals surface area contributed by atoms with E-state index in [9.17, 15) is 4.79 Å². The standard InChI is InChI=1S/C16H15Cl2N3OSi/c1-23(17,18)16(19)21-20-14(12-8-4-2-5-9-12)15(22)13-10-6-3-7-11-13/h2-11H,1H3,(H2,19,21)/b20-14+. The molecule has 2 aromatic rings. The summed E-state index contributed by atoms with van der Waals surface area (Å²) in [4.78, 5) is 12.7. The van der Waals surface area contributed by atoms with Gasteiger partial charge in [0, 0.05) is 11.1 Å². The summed E-state index contributed by atoms with van der Waals surface area (Å²) in [5.41, 5.74) is 7.14. The molecule has 0 heterocycles. The molecule has 0 aliphatic heterocycles. The molecule has 0 spiro atoms. The van der Waals surface area contributed by atoms with Crippen LogP contribution in [0.2, 0.25) is 6.55 Å².